The summed E-state index contributed by atoms with van der Waals surface area (Å²) in [5.41, 5.74) is 3.93. The van der Waals surface area contributed by atoms with Crippen molar-refractivity contribution in [2.24, 2.45) is 0 Å². The molecule has 2 rings (SSSR count). The maximum Gasteiger partial charge on any atom is 0.269 e. The number of methoxy groups -OCH3 is 1. The Morgan fingerprint density at radius 3 is 2.67 bits per heavy atom. The van der Waals surface area contributed by atoms with Crippen molar-refractivity contribution >= 4 is 0 Å². The summed E-state index contributed by atoms with van der Waals surface area (Å²) in [6, 6.07) is 11.5. The Balaban J connectivity index is 2.68. The van der Waals surface area contributed by atoms with E-state index in [2.05, 4.69) is 6.07 Å². The maximum atomic E-state index is 12.4. The molecule has 0 saturated carbocycles. The summed E-state index contributed by atoms with van der Waals surface area (Å²) in [5.74, 6) is 0. The zero-order valence-electron chi connectivity index (χ0n) is 12.5. The fraction of sp³-hybridized carbons (Fsp3) is 0.294. The fourth-order valence-corrected chi connectivity index (χ4v) is 2.31. The lowest BCUT2D eigenvalue weighted by Gasteiger charge is -2.15. The van der Waals surface area contributed by atoms with Crippen molar-refractivity contribution in [1.29, 1.82) is 5.26 Å². The molecule has 108 valence electrons. The molecule has 1 aromatic carbocycles. The van der Waals surface area contributed by atoms with Crippen molar-refractivity contribution in [2.75, 3.05) is 13.7 Å². The van der Waals surface area contributed by atoms with E-state index in [9.17, 15) is 4.79 Å². The van der Waals surface area contributed by atoms with Crippen LogP contribution in [0.5, 0.6) is 0 Å². The predicted molar refractivity (Wildman–Crippen MR) is 82.2 cm³/mol. The number of rotatable bonds is 4. The molecule has 0 saturated heterocycles. The number of hydrogen-bond acceptors (Lipinski definition) is 3. The van der Waals surface area contributed by atoms with Gasteiger partial charge in [0.25, 0.3) is 5.56 Å². The Bertz CT molecular complexity index is 754. The summed E-state index contributed by atoms with van der Waals surface area (Å²) in [6.45, 7) is 4.88. The first-order chi connectivity index (χ1) is 10.1. The largest absolute Gasteiger partial charge is 0.383 e. The Labute approximate surface area is 124 Å². The lowest BCUT2D eigenvalue weighted by molar-refractivity contribution is 0.186. The fourth-order valence-electron chi connectivity index (χ4n) is 2.31. The van der Waals surface area contributed by atoms with Crippen molar-refractivity contribution in [3.63, 3.8) is 0 Å². The quantitative estimate of drug-likeness (QED) is 0.866. The highest BCUT2D eigenvalue weighted by Gasteiger charge is 2.12. The van der Waals surface area contributed by atoms with E-state index >= 15 is 0 Å². The van der Waals surface area contributed by atoms with E-state index < -0.39 is 0 Å². The molecule has 0 spiro atoms. The second-order valence-corrected chi connectivity index (χ2v) is 5.01. The first-order valence-corrected chi connectivity index (χ1v) is 6.79. The Hall–Kier alpha value is -2.38. The van der Waals surface area contributed by atoms with Crippen LogP contribution >= 0.6 is 0 Å². The van der Waals surface area contributed by atoms with Crippen LogP contribution in [-0.4, -0.2) is 18.3 Å². The molecule has 0 fully saturated rings. The van der Waals surface area contributed by atoms with E-state index in [0.29, 0.717) is 13.2 Å². The highest BCUT2D eigenvalue weighted by atomic mass is 16.5. The third kappa shape index (κ3) is 3.04. The molecule has 1 heterocycles. The molecule has 0 amide bonds. The van der Waals surface area contributed by atoms with E-state index in [4.69, 9.17) is 10.00 Å². The van der Waals surface area contributed by atoms with Crippen LogP contribution in [0.3, 0.4) is 0 Å². The van der Waals surface area contributed by atoms with Crippen LogP contribution in [0.1, 0.15) is 16.7 Å². The third-order valence-electron chi connectivity index (χ3n) is 3.48. The van der Waals surface area contributed by atoms with Crippen LogP contribution in [0, 0.1) is 25.2 Å². The van der Waals surface area contributed by atoms with E-state index in [0.717, 1.165) is 22.4 Å². The van der Waals surface area contributed by atoms with Gasteiger partial charge >= 0.3 is 0 Å². The second kappa shape index (κ2) is 6.38. The molecule has 1 aromatic heterocycles. The Morgan fingerprint density at radius 1 is 1.24 bits per heavy atom. The van der Waals surface area contributed by atoms with Gasteiger partial charge in [0, 0.05) is 19.2 Å². The number of nitrogens with zero attached hydrogens (tertiary/aromatic N) is 2. The third-order valence-corrected chi connectivity index (χ3v) is 3.48. The van der Waals surface area contributed by atoms with E-state index in [-0.39, 0.29) is 11.1 Å². The first kappa shape index (κ1) is 15.0. The number of ether oxygens (including phenoxy) is 1. The lowest BCUT2D eigenvalue weighted by atomic mass is 10.0. The molecule has 4 heteroatoms. The summed E-state index contributed by atoms with van der Waals surface area (Å²) in [7, 11) is 1.59. The van der Waals surface area contributed by atoms with Crippen LogP contribution in [-0.2, 0) is 11.3 Å². The van der Waals surface area contributed by atoms with Crippen LogP contribution in [0.15, 0.2) is 35.1 Å². The van der Waals surface area contributed by atoms with E-state index in [1.807, 2.05) is 38.1 Å². The monoisotopic (exact) mass is 282 g/mol. The van der Waals surface area contributed by atoms with Gasteiger partial charge in [0.2, 0.25) is 0 Å². The molecule has 0 radical (unpaired) electrons. The van der Waals surface area contributed by atoms with Gasteiger partial charge in [-0.1, -0.05) is 17.7 Å². The normalized spacial score (nSPS) is 10.4. The smallest absolute Gasteiger partial charge is 0.269 e. The zero-order chi connectivity index (χ0) is 15.4. The number of aromatic nitrogens is 1. The van der Waals surface area contributed by atoms with Crippen LogP contribution < -0.4 is 5.56 Å². The van der Waals surface area contributed by atoms with Crippen molar-refractivity contribution in [3.05, 3.63) is 57.4 Å². The van der Waals surface area contributed by atoms with Gasteiger partial charge in [-0.05, 0) is 37.6 Å². The molecule has 0 bridgehead atoms. The minimum Gasteiger partial charge on any atom is -0.383 e. The molecule has 0 N–H and O–H groups in total. The first-order valence-electron chi connectivity index (χ1n) is 6.79. The van der Waals surface area contributed by atoms with Crippen molar-refractivity contribution < 1.29 is 4.74 Å². The van der Waals surface area contributed by atoms with Crippen molar-refractivity contribution in [1.82, 2.24) is 4.57 Å². The molecule has 0 aliphatic carbocycles. The van der Waals surface area contributed by atoms with Crippen LogP contribution in [0.4, 0.5) is 0 Å². The standard InChI is InChI=1S/C17H18N2O2/c1-12-4-5-13(2)15(10-12)16-7-6-14(11-18)17(20)19(16)8-9-21-3/h4-7,10H,8-9H2,1-3H3. The maximum absolute atomic E-state index is 12.4. The highest BCUT2D eigenvalue weighted by Crippen LogP contribution is 2.24. The molecule has 0 unspecified atom stereocenters. The predicted octanol–water partition coefficient (Wildman–Crippen LogP) is 2.65. The Kier molecular flexibility index (Phi) is 4.56. The minimum atomic E-state index is -0.270. The van der Waals surface area contributed by atoms with Crippen LogP contribution in [0.25, 0.3) is 11.3 Å². The summed E-state index contributed by atoms with van der Waals surface area (Å²) >= 11 is 0. The summed E-state index contributed by atoms with van der Waals surface area (Å²) in [6.07, 6.45) is 0. The highest BCUT2D eigenvalue weighted by molar-refractivity contribution is 5.65. The number of aryl methyl sites for hydroxylation is 2. The number of hydrogen-bond donors (Lipinski definition) is 0. The van der Waals surface area contributed by atoms with Gasteiger partial charge in [-0.25, -0.2) is 0 Å². The average molecular weight is 282 g/mol. The number of benzene rings is 1. The van der Waals surface area contributed by atoms with Crippen LogP contribution in [0.2, 0.25) is 0 Å². The van der Waals surface area contributed by atoms with Gasteiger partial charge in [-0.2, -0.15) is 5.26 Å². The summed E-state index contributed by atoms with van der Waals surface area (Å²) in [5, 5.41) is 9.03. The second-order valence-electron chi connectivity index (χ2n) is 5.01. The van der Waals surface area contributed by atoms with Gasteiger partial charge in [-0.15, -0.1) is 0 Å². The van der Waals surface area contributed by atoms with E-state index in [1.54, 1.807) is 17.7 Å². The summed E-state index contributed by atoms with van der Waals surface area (Å²) in [4.78, 5) is 12.4. The minimum absolute atomic E-state index is 0.153. The van der Waals surface area contributed by atoms with Gasteiger partial charge < -0.3 is 9.30 Å². The average Bonchev–Trinajstić information content (AvgIpc) is 2.48. The zero-order valence-corrected chi connectivity index (χ0v) is 12.5. The molecule has 0 aliphatic rings. The van der Waals surface area contributed by atoms with Crippen molar-refractivity contribution in [3.8, 4) is 17.3 Å². The lowest BCUT2D eigenvalue weighted by Crippen LogP contribution is -2.26. The topological polar surface area (TPSA) is 55.0 Å². The van der Waals surface area contributed by atoms with Crippen molar-refractivity contribution in [2.45, 2.75) is 20.4 Å². The van der Waals surface area contributed by atoms with Gasteiger partial charge in [0.15, 0.2) is 0 Å². The number of pyridine rings is 1. The van der Waals surface area contributed by atoms with E-state index in [1.165, 1.54) is 0 Å². The number of nitriles is 1. The molecular formula is C17H18N2O2. The van der Waals surface area contributed by atoms with Gasteiger partial charge in [0.1, 0.15) is 11.6 Å². The van der Waals surface area contributed by atoms with Gasteiger partial charge in [0.05, 0.1) is 12.3 Å². The van der Waals surface area contributed by atoms with Gasteiger partial charge in [-0.3, -0.25) is 4.79 Å². The SMILES string of the molecule is COCCn1c(-c2cc(C)ccc2C)ccc(C#N)c1=O. The molecule has 21 heavy (non-hydrogen) atoms. The molecule has 0 aliphatic heterocycles. The Morgan fingerprint density at radius 2 is 2.00 bits per heavy atom. The molecule has 2 aromatic rings. The summed E-state index contributed by atoms with van der Waals surface area (Å²) < 4.78 is 6.69. The molecular weight excluding hydrogens is 264 g/mol. The molecule has 4 nitrogen and oxygen atoms in total. The molecule has 0 atom stereocenters.